The van der Waals surface area contributed by atoms with E-state index in [0.29, 0.717) is 17.5 Å². The van der Waals surface area contributed by atoms with Crippen LogP contribution in [0.4, 0.5) is 5.69 Å². The SMILES string of the molecule is COc1ccc(N2C(=O)[C@@H]3[C@H]4C=C[C@@H]([C@@H]5C[C@H]45)[C@H]3C2=O)cc1. The third-order valence-electron chi connectivity index (χ3n) is 5.99. The molecule has 2 bridgehead atoms. The molecular formula is C18H17NO3. The number of nitrogens with zero attached hydrogens (tertiary/aromatic N) is 1. The maximum atomic E-state index is 12.9. The zero-order chi connectivity index (χ0) is 15.0. The van der Waals surface area contributed by atoms with Gasteiger partial charge in [0.2, 0.25) is 11.8 Å². The summed E-state index contributed by atoms with van der Waals surface area (Å²) in [5.74, 6) is 2.28. The minimum absolute atomic E-state index is 0.00938. The molecule has 4 aliphatic carbocycles. The average molecular weight is 295 g/mol. The number of hydrogen-bond donors (Lipinski definition) is 0. The number of benzene rings is 1. The van der Waals surface area contributed by atoms with Gasteiger partial charge in [0.1, 0.15) is 5.75 Å². The number of allylic oxidation sites excluding steroid dienone is 2. The van der Waals surface area contributed by atoms with E-state index < -0.39 is 0 Å². The lowest BCUT2D eigenvalue weighted by molar-refractivity contribution is -0.124. The molecule has 2 amide bonds. The normalized spacial score (nSPS) is 40.7. The van der Waals surface area contributed by atoms with E-state index in [-0.39, 0.29) is 35.5 Å². The number of anilines is 1. The highest BCUT2D eigenvalue weighted by atomic mass is 16.5. The van der Waals surface area contributed by atoms with E-state index in [2.05, 4.69) is 12.2 Å². The van der Waals surface area contributed by atoms with Crippen LogP contribution in [0.5, 0.6) is 5.75 Å². The van der Waals surface area contributed by atoms with Crippen molar-refractivity contribution in [2.24, 2.45) is 35.5 Å². The van der Waals surface area contributed by atoms with Crippen molar-refractivity contribution < 1.29 is 14.3 Å². The topological polar surface area (TPSA) is 46.6 Å². The number of amides is 2. The molecule has 1 aliphatic heterocycles. The zero-order valence-electron chi connectivity index (χ0n) is 12.3. The quantitative estimate of drug-likeness (QED) is 0.621. The van der Waals surface area contributed by atoms with Gasteiger partial charge in [-0.3, -0.25) is 14.5 Å². The van der Waals surface area contributed by atoms with E-state index in [1.54, 1.807) is 31.4 Å². The molecule has 6 rings (SSSR count). The van der Waals surface area contributed by atoms with Crippen molar-refractivity contribution in [3.63, 3.8) is 0 Å². The van der Waals surface area contributed by atoms with Gasteiger partial charge in [0.25, 0.3) is 0 Å². The third kappa shape index (κ3) is 1.38. The van der Waals surface area contributed by atoms with E-state index in [4.69, 9.17) is 4.74 Å². The number of methoxy groups -OCH3 is 1. The van der Waals surface area contributed by atoms with E-state index in [9.17, 15) is 9.59 Å². The fourth-order valence-corrected chi connectivity index (χ4v) is 4.94. The van der Waals surface area contributed by atoms with Crippen molar-refractivity contribution in [1.29, 1.82) is 0 Å². The van der Waals surface area contributed by atoms with Gasteiger partial charge >= 0.3 is 0 Å². The maximum Gasteiger partial charge on any atom is 0.238 e. The zero-order valence-corrected chi connectivity index (χ0v) is 12.3. The number of hydrogen-bond acceptors (Lipinski definition) is 3. The summed E-state index contributed by atoms with van der Waals surface area (Å²) in [5, 5.41) is 0. The molecule has 0 radical (unpaired) electrons. The molecule has 1 saturated heterocycles. The van der Waals surface area contributed by atoms with Gasteiger partial charge in [0, 0.05) is 0 Å². The Hall–Kier alpha value is -2.10. The molecular weight excluding hydrogens is 278 g/mol. The molecule has 112 valence electrons. The first kappa shape index (κ1) is 12.4. The Morgan fingerprint density at radius 3 is 2.00 bits per heavy atom. The first-order chi connectivity index (χ1) is 10.7. The minimum atomic E-state index is -0.131. The Kier molecular flexibility index (Phi) is 2.26. The summed E-state index contributed by atoms with van der Waals surface area (Å²) in [4.78, 5) is 27.2. The number of carbonyl (C=O) groups excluding carboxylic acids is 2. The Morgan fingerprint density at radius 1 is 0.955 bits per heavy atom. The van der Waals surface area contributed by atoms with Crippen molar-refractivity contribution >= 4 is 17.5 Å². The summed E-state index contributed by atoms with van der Waals surface area (Å²) in [6.45, 7) is 0. The van der Waals surface area contributed by atoms with E-state index in [1.807, 2.05) is 0 Å². The lowest BCUT2D eigenvalue weighted by atomic mass is 9.63. The standard InChI is InChI=1S/C18H17NO3/c1-22-10-4-2-9(3-5-10)19-17(20)15-11-6-7-12(14-8-13(11)14)16(15)18(19)21/h2-7,11-16H,8H2,1H3/t11-,12-,13-,14+,15+,16+/m0/s1. The Morgan fingerprint density at radius 2 is 1.50 bits per heavy atom. The number of rotatable bonds is 2. The molecule has 0 spiro atoms. The molecule has 0 aromatic heterocycles. The molecule has 0 unspecified atom stereocenters. The summed E-state index contributed by atoms with van der Waals surface area (Å²) in [6.07, 6.45) is 5.59. The summed E-state index contributed by atoms with van der Waals surface area (Å²) in [6, 6.07) is 7.18. The molecule has 1 heterocycles. The van der Waals surface area contributed by atoms with Crippen LogP contribution in [-0.4, -0.2) is 18.9 Å². The lowest BCUT2D eigenvalue weighted by Crippen LogP contribution is -2.40. The van der Waals surface area contributed by atoms with Crippen LogP contribution in [0.2, 0.25) is 0 Å². The Labute approximate surface area is 128 Å². The monoisotopic (exact) mass is 295 g/mol. The molecule has 22 heavy (non-hydrogen) atoms. The second kappa shape index (κ2) is 4.00. The smallest absolute Gasteiger partial charge is 0.238 e. The maximum absolute atomic E-state index is 12.9. The fraction of sp³-hybridized carbons (Fsp3) is 0.444. The van der Waals surface area contributed by atoms with E-state index in [1.165, 1.54) is 11.3 Å². The van der Waals surface area contributed by atoms with Crippen LogP contribution in [0.3, 0.4) is 0 Å². The molecule has 1 aromatic rings. The van der Waals surface area contributed by atoms with Crippen LogP contribution in [-0.2, 0) is 9.59 Å². The second-order valence-electron chi connectivity index (χ2n) is 6.86. The van der Waals surface area contributed by atoms with Crippen molar-refractivity contribution in [3.8, 4) is 5.75 Å². The summed E-state index contributed by atoms with van der Waals surface area (Å²) < 4.78 is 5.15. The molecule has 2 saturated carbocycles. The summed E-state index contributed by atoms with van der Waals surface area (Å²) in [5.41, 5.74) is 0.665. The Bertz CT molecular complexity index is 672. The molecule has 4 nitrogen and oxygen atoms in total. The van der Waals surface area contributed by atoms with Crippen LogP contribution in [0.1, 0.15) is 6.42 Å². The molecule has 3 fully saturated rings. The molecule has 0 N–H and O–H groups in total. The lowest BCUT2D eigenvalue weighted by Gasteiger charge is -2.37. The van der Waals surface area contributed by atoms with Gasteiger partial charge in [-0.05, 0) is 54.4 Å². The first-order valence-corrected chi connectivity index (χ1v) is 7.91. The second-order valence-corrected chi connectivity index (χ2v) is 6.86. The number of carbonyl (C=O) groups is 2. The predicted molar refractivity (Wildman–Crippen MR) is 80.2 cm³/mol. The van der Waals surface area contributed by atoms with Gasteiger partial charge in [-0.15, -0.1) is 0 Å². The largest absolute Gasteiger partial charge is 0.497 e. The van der Waals surface area contributed by atoms with Gasteiger partial charge in [0.15, 0.2) is 0 Å². The summed E-state index contributed by atoms with van der Waals surface area (Å²) >= 11 is 0. The Balaban J connectivity index is 1.54. The van der Waals surface area contributed by atoms with Gasteiger partial charge in [0.05, 0.1) is 24.6 Å². The highest BCUT2D eigenvalue weighted by Gasteiger charge is 2.67. The van der Waals surface area contributed by atoms with Crippen molar-refractivity contribution in [2.45, 2.75) is 6.42 Å². The number of imide groups is 1. The van der Waals surface area contributed by atoms with Crippen molar-refractivity contribution in [1.82, 2.24) is 0 Å². The molecule has 5 aliphatic rings. The minimum Gasteiger partial charge on any atom is -0.497 e. The highest BCUT2D eigenvalue weighted by Crippen LogP contribution is 2.65. The fourth-order valence-electron chi connectivity index (χ4n) is 4.94. The van der Waals surface area contributed by atoms with Gasteiger partial charge in [-0.25, -0.2) is 0 Å². The van der Waals surface area contributed by atoms with Gasteiger partial charge in [-0.2, -0.15) is 0 Å². The first-order valence-electron chi connectivity index (χ1n) is 7.91. The van der Waals surface area contributed by atoms with Gasteiger partial charge in [-0.1, -0.05) is 12.2 Å². The van der Waals surface area contributed by atoms with E-state index in [0.717, 1.165) is 5.75 Å². The van der Waals surface area contributed by atoms with Gasteiger partial charge < -0.3 is 4.74 Å². The number of ether oxygens (including phenoxy) is 1. The molecule has 1 aromatic carbocycles. The third-order valence-corrected chi connectivity index (χ3v) is 5.99. The van der Waals surface area contributed by atoms with Crippen molar-refractivity contribution in [3.05, 3.63) is 36.4 Å². The molecule has 6 atom stereocenters. The molecule has 4 heteroatoms. The summed E-state index contributed by atoms with van der Waals surface area (Å²) in [7, 11) is 1.60. The average Bonchev–Trinajstić information content (AvgIpc) is 3.32. The highest BCUT2D eigenvalue weighted by molar-refractivity contribution is 6.22. The van der Waals surface area contributed by atoms with Crippen LogP contribution in [0.25, 0.3) is 0 Å². The van der Waals surface area contributed by atoms with Crippen LogP contribution in [0, 0.1) is 35.5 Å². The van der Waals surface area contributed by atoms with Crippen LogP contribution in [0.15, 0.2) is 36.4 Å². The van der Waals surface area contributed by atoms with E-state index >= 15 is 0 Å². The van der Waals surface area contributed by atoms with Crippen LogP contribution < -0.4 is 9.64 Å². The predicted octanol–water partition coefficient (Wildman–Crippen LogP) is 2.25. The van der Waals surface area contributed by atoms with Crippen LogP contribution >= 0.6 is 0 Å². The van der Waals surface area contributed by atoms with Crippen molar-refractivity contribution in [2.75, 3.05) is 12.0 Å².